The molecule has 5 heteroatoms. The van der Waals surface area contributed by atoms with E-state index in [1.807, 2.05) is 19.1 Å². The van der Waals surface area contributed by atoms with Gasteiger partial charge in [-0.1, -0.05) is 15.9 Å². The summed E-state index contributed by atoms with van der Waals surface area (Å²) >= 11 is 6.70. The summed E-state index contributed by atoms with van der Waals surface area (Å²) in [5, 5.41) is 11.6. The molecule has 0 aliphatic heterocycles. The van der Waals surface area contributed by atoms with Crippen LogP contribution in [0.3, 0.4) is 0 Å². The molecule has 0 aliphatic carbocycles. The fraction of sp³-hybridized carbons (Fsp3) is 0.417. The summed E-state index contributed by atoms with van der Waals surface area (Å²) in [5.74, 6) is -0.102. The molecule has 0 spiro atoms. The molecule has 0 saturated carbocycles. The van der Waals surface area contributed by atoms with Gasteiger partial charge in [-0.15, -0.1) is 0 Å². The predicted octanol–water partition coefficient (Wildman–Crippen LogP) is 3.10. The van der Waals surface area contributed by atoms with Crippen molar-refractivity contribution in [3.8, 4) is 0 Å². The molecule has 0 saturated heterocycles. The van der Waals surface area contributed by atoms with Gasteiger partial charge < -0.3 is 10.4 Å². The zero-order chi connectivity index (χ0) is 12.8. The Hall–Kier alpha value is -0.390. The number of nitrogens with one attached hydrogen (secondary N) is 1. The van der Waals surface area contributed by atoms with Crippen molar-refractivity contribution in [2.24, 2.45) is 0 Å². The van der Waals surface area contributed by atoms with Gasteiger partial charge in [-0.3, -0.25) is 4.79 Å². The van der Waals surface area contributed by atoms with Crippen LogP contribution in [0.5, 0.6) is 0 Å². The van der Waals surface area contributed by atoms with Gasteiger partial charge in [0.25, 0.3) is 5.91 Å². The van der Waals surface area contributed by atoms with E-state index in [0.29, 0.717) is 12.0 Å². The molecule has 1 aromatic rings. The fourth-order valence-electron chi connectivity index (χ4n) is 1.44. The summed E-state index contributed by atoms with van der Waals surface area (Å²) in [7, 11) is 0. The molecule has 0 aromatic heterocycles. The van der Waals surface area contributed by atoms with Crippen LogP contribution in [0.2, 0.25) is 0 Å². The minimum absolute atomic E-state index is 0.0604. The lowest BCUT2D eigenvalue weighted by Crippen LogP contribution is -2.32. The van der Waals surface area contributed by atoms with Crippen molar-refractivity contribution in [3.63, 3.8) is 0 Å². The summed E-state index contributed by atoms with van der Waals surface area (Å²) in [5.41, 5.74) is 0.615. The minimum Gasteiger partial charge on any atom is -0.396 e. The Morgan fingerprint density at radius 1 is 1.47 bits per heavy atom. The molecule has 1 atom stereocenters. The van der Waals surface area contributed by atoms with Gasteiger partial charge in [0.05, 0.1) is 5.56 Å². The van der Waals surface area contributed by atoms with Crippen molar-refractivity contribution in [3.05, 3.63) is 32.7 Å². The second kappa shape index (κ2) is 7.13. The first-order valence-electron chi connectivity index (χ1n) is 5.41. The number of hydrogen-bond donors (Lipinski definition) is 2. The average molecular weight is 365 g/mol. The predicted molar refractivity (Wildman–Crippen MR) is 75.1 cm³/mol. The molecule has 2 N–H and O–H groups in total. The topological polar surface area (TPSA) is 49.3 Å². The van der Waals surface area contributed by atoms with Gasteiger partial charge in [0, 0.05) is 21.6 Å². The van der Waals surface area contributed by atoms with Gasteiger partial charge in [-0.2, -0.15) is 0 Å². The van der Waals surface area contributed by atoms with Crippen LogP contribution in [0.25, 0.3) is 0 Å². The van der Waals surface area contributed by atoms with E-state index < -0.39 is 0 Å². The maximum absolute atomic E-state index is 11.9. The van der Waals surface area contributed by atoms with E-state index in [4.69, 9.17) is 5.11 Å². The average Bonchev–Trinajstić information content (AvgIpc) is 2.26. The number of amides is 1. The van der Waals surface area contributed by atoms with Crippen molar-refractivity contribution in [1.82, 2.24) is 5.32 Å². The molecule has 94 valence electrons. The molecular formula is C12H15Br2NO2. The molecule has 1 aromatic carbocycles. The Labute approximate surface area is 118 Å². The molecule has 17 heavy (non-hydrogen) atoms. The van der Waals surface area contributed by atoms with Gasteiger partial charge in [-0.05, 0) is 53.9 Å². The van der Waals surface area contributed by atoms with Crippen LogP contribution in [0.15, 0.2) is 27.1 Å². The number of carbonyl (C=O) groups is 1. The number of aliphatic hydroxyl groups excluding tert-OH is 1. The van der Waals surface area contributed by atoms with Crippen LogP contribution in [0, 0.1) is 0 Å². The quantitative estimate of drug-likeness (QED) is 0.843. The number of benzene rings is 1. The highest BCUT2D eigenvalue weighted by atomic mass is 79.9. The Balaban J connectivity index is 2.63. The lowest BCUT2D eigenvalue weighted by Gasteiger charge is -2.14. The lowest BCUT2D eigenvalue weighted by atomic mass is 10.1. The van der Waals surface area contributed by atoms with Gasteiger partial charge >= 0.3 is 0 Å². The third-order valence-electron chi connectivity index (χ3n) is 2.35. The van der Waals surface area contributed by atoms with Crippen molar-refractivity contribution in [2.75, 3.05) is 6.61 Å². The van der Waals surface area contributed by atoms with E-state index in [1.165, 1.54) is 0 Å². The lowest BCUT2D eigenvalue weighted by molar-refractivity contribution is 0.0935. The van der Waals surface area contributed by atoms with E-state index in [1.54, 1.807) is 6.07 Å². The molecule has 1 amide bonds. The number of rotatable bonds is 5. The summed E-state index contributed by atoms with van der Waals surface area (Å²) in [6.45, 7) is 2.09. The van der Waals surface area contributed by atoms with E-state index in [-0.39, 0.29) is 18.6 Å². The first-order valence-corrected chi connectivity index (χ1v) is 7.00. The minimum atomic E-state index is -0.102. The van der Waals surface area contributed by atoms with Crippen LogP contribution in [0.1, 0.15) is 30.1 Å². The van der Waals surface area contributed by atoms with Gasteiger partial charge in [0.1, 0.15) is 0 Å². The Bertz CT molecular complexity index is 396. The summed E-state index contributed by atoms with van der Waals surface area (Å²) in [4.78, 5) is 11.9. The number of halogens is 2. The fourth-order valence-corrected chi connectivity index (χ4v) is 2.67. The summed E-state index contributed by atoms with van der Waals surface area (Å²) in [6, 6.07) is 5.50. The zero-order valence-electron chi connectivity index (χ0n) is 9.54. The van der Waals surface area contributed by atoms with Crippen molar-refractivity contribution in [1.29, 1.82) is 0 Å². The maximum Gasteiger partial charge on any atom is 0.252 e. The number of aliphatic hydroxyl groups is 1. The SMILES string of the molecule is CC(CCCO)NC(=O)c1ccc(Br)cc1Br. The molecule has 1 rings (SSSR count). The Morgan fingerprint density at radius 2 is 2.18 bits per heavy atom. The van der Waals surface area contributed by atoms with Gasteiger partial charge in [0.2, 0.25) is 0 Å². The van der Waals surface area contributed by atoms with E-state index in [9.17, 15) is 4.79 Å². The third-order valence-corrected chi connectivity index (χ3v) is 3.50. The number of carbonyl (C=O) groups excluding carboxylic acids is 1. The molecular weight excluding hydrogens is 350 g/mol. The van der Waals surface area contributed by atoms with Crippen LogP contribution in [-0.4, -0.2) is 23.7 Å². The van der Waals surface area contributed by atoms with Crippen molar-refractivity contribution < 1.29 is 9.90 Å². The first-order chi connectivity index (χ1) is 8.04. The first kappa shape index (κ1) is 14.7. The molecule has 0 aliphatic rings. The second-order valence-electron chi connectivity index (χ2n) is 3.86. The summed E-state index contributed by atoms with van der Waals surface area (Å²) in [6.07, 6.45) is 1.47. The van der Waals surface area contributed by atoms with Gasteiger partial charge in [-0.25, -0.2) is 0 Å². The van der Waals surface area contributed by atoms with Crippen LogP contribution in [0.4, 0.5) is 0 Å². The van der Waals surface area contributed by atoms with Crippen molar-refractivity contribution >= 4 is 37.8 Å². The monoisotopic (exact) mass is 363 g/mol. The Morgan fingerprint density at radius 3 is 2.76 bits per heavy atom. The second-order valence-corrected chi connectivity index (χ2v) is 5.63. The Kier molecular flexibility index (Phi) is 6.16. The standard InChI is InChI=1S/C12H15Br2NO2/c1-8(3-2-6-16)15-12(17)10-5-4-9(13)7-11(10)14/h4-5,7-8,16H,2-3,6H2,1H3,(H,15,17). The van der Waals surface area contributed by atoms with E-state index in [2.05, 4.69) is 37.2 Å². The largest absolute Gasteiger partial charge is 0.396 e. The highest BCUT2D eigenvalue weighted by molar-refractivity contribution is 9.11. The smallest absolute Gasteiger partial charge is 0.252 e. The maximum atomic E-state index is 11.9. The third kappa shape index (κ3) is 4.77. The summed E-state index contributed by atoms with van der Waals surface area (Å²) < 4.78 is 1.69. The van der Waals surface area contributed by atoms with Crippen LogP contribution in [-0.2, 0) is 0 Å². The number of hydrogen-bond acceptors (Lipinski definition) is 2. The highest BCUT2D eigenvalue weighted by Crippen LogP contribution is 2.22. The molecule has 0 heterocycles. The van der Waals surface area contributed by atoms with E-state index in [0.717, 1.165) is 15.4 Å². The molecule has 0 radical (unpaired) electrons. The van der Waals surface area contributed by atoms with Gasteiger partial charge in [0.15, 0.2) is 0 Å². The van der Waals surface area contributed by atoms with E-state index >= 15 is 0 Å². The highest BCUT2D eigenvalue weighted by Gasteiger charge is 2.12. The molecule has 1 unspecified atom stereocenters. The normalized spacial score (nSPS) is 12.2. The van der Waals surface area contributed by atoms with Crippen LogP contribution >= 0.6 is 31.9 Å². The van der Waals surface area contributed by atoms with Crippen LogP contribution < -0.4 is 5.32 Å². The molecule has 0 bridgehead atoms. The molecule has 3 nitrogen and oxygen atoms in total. The zero-order valence-corrected chi connectivity index (χ0v) is 12.7. The van der Waals surface area contributed by atoms with Crippen molar-refractivity contribution in [2.45, 2.75) is 25.8 Å². The molecule has 0 fully saturated rings.